The molecule has 86 valence electrons. The first kappa shape index (κ1) is 9.83. The van der Waals surface area contributed by atoms with Gasteiger partial charge in [-0.3, -0.25) is 5.10 Å². The molecule has 0 aliphatic heterocycles. The van der Waals surface area contributed by atoms with Gasteiger partial charge in [-0.25, -0.2) is 9.97 Å². The number of nitrogens with one attached hydrogen (secondary N) is 3. The zero-order chi connectivity index (χ0) is 11.5. The van der Waals surface area contributed by atoms with Gasteiger partial charge in [0, 0.05) is 31.1 Å². The van der Waals surface area contributed by atoms with Crippen LogP contribution in [-0.2, 0) is 6.42 Å². The fourth-order valence-corrected chi connectivity index (χ4v) is 1.75. The lowest BCUT2D eigenvalue weighted by atomic mass is 10.3. The predicted molar refractivity (Wildman–Crippen MR) is 64.7 cm³/mol. The molecule has 0 unspecified atom stereocenters. The first-order chi connectivity index (χ1) is 8.43. The maximum absolute atomic E-state index is 4.23. The Morgan fingerprint density at radius 1 is 1.24 bits per heavy atom. The Morgan fingerprint density at radius 3 is 3.12 bits per heavy atom. The Bertz CT molecular complexity index is 597. The van der Waals surface area contributed by atoms with Crippen LogP contribution in [0.15, 0.2) is 30.9 Å². The zero-order valence-electron chi connectivity index (χ0n) is 9.14. The Hall–Kier alpha value is -2.37. The minimum atomic E-state index is 0.805. The molecule has 0 saturated carbocycles. The number of rotatable bonds is 4. The summed E-state index contributed by atoms with van der Waals surface area (Å²) in [5, 5.41) is 11.1. The molecule has 0 aliphatic carbocycles. The Morgan fingerprint density at radius 2 is 2.24 bits per heavy atom. The molecular weight excluding hydrogens is 216 g/mol. The molecule has 0 spiro atoms. The lowest BCUT2D eigenvalue weighted by Gasteiger charge is -2.04. The highest BCUT2D eigenvalue weighted by Gasteiger charge is 2.03. The highest BCUT2D eigenvalue weighted by Crippen LogP contribution is 2.16. The van der Waals surface area contributed by atoms with Crippen molar-refractivity contribution in [3.05, 3.63) is 36.5 Å². The SMILES string of the molecule is c1cc(CCNc2ncnc3[nH]ccc23)[nH]n1. The van der Waals surface area contributed by atoms with Crippen LogP contribution in [-0.4, -0.2) is 31.7 Å². The van der Waals surface area contributed by atoms with E-state index in [-0.39, 0.29) is 0 Å². The first-order valence-electron chi connectivity index (χ1n) is 5.44. The molecule has 17 heavy (non-hydrogen) atoms. The smallest absolute Gasteiger partial charge is 0.142 e. The molecule has 3 aromatic rings. The van der Waals surface area contributed by atoms with Gasteiger partial charge in [-0.05, 0) is 12.1 Å². The van der Waals surface area contributed by atoms with Gasteiger partial charge in [0.15, 0.2) is 0 Å². The van der Waals surface area contributed by atoms with Gasteiger partial charge in [-0.15, -0.1) is 0 Å². The van der Waals surface area contributed by atoms with Crippen molar-refractivity contribution < 1.29 is 0 Å². The van der Waals surface area contributed by atoms with Crippen LogP contribution in [0, 0.1) is 0 Å². The van der Waals surface area contributed by atoms with Crippen LogP contribution in [0.1, 0.15) is 5.69 Å². The molecule has 3 rings (SSSR count). The second kappa shape index (κ2) is 4.25. The number of hydrogen-bond acceptors (Lipinski definition) is 4. The van der Waals surface area contributed by atoms with E-state index in [1.165, 1.54) is 0 Å². The molecule has 3 aromatic heterocycles. The molecule has 0 fully saturated rings. The molecule has 3 N–H and O–H groups in total. The summed E-state index contributed by atoms with van der Waals surface area (Å²) < 4.78 is 0. The summed E-state index contributed by atoms with van der Waals surface area (Å²) in [6, 6.07) is 3.93. The van der Waals surface area contributed by atoms with E-state index in [1.807, 2.05) is 18.3 Å². The zero-order valence-corrected chi connectivity index (χ0v) is 9.14. The summed E-state index contributed by atoms with van der Waals surface area (Å²) in [6.45, 7) is 0.805. The van der Waals surface area contributed by atoms with Crippen LogP contribution < -0.4 is 5.32 Å². The number of aromatic amines is 2. The molecule has 0 bridgehead atoms. The minimum Gasteiger partial charge on any atom is -0.369 e. The highest BCUT2D eigenvalue weighted by molar-refractivity contribution is 5.86. The third kappa shape index (κ3) is 1.96. The van der Waals surface area contributed by atoms with Crippen LogP contribution >= 0.6 is 0 Å². The molecule has 3 heterocycles. The molecule has 0 amide bonds. The average molecular weight is 228 g/mol. The van der Waals surface area contributed by atoms with Gasteiger partial charge in [0.1, 0.15) is 17.8 Å². The van der Waals surface area contributed by atoms with E-state index in [1.54, 1.807) is 12.5 Å². The summed E-state index contributed by atoms with van der Waals surface area (Å²) in [5.41, 5.74) is 1.96. The van der Waals surface area contributed by atoms with Crippen molar-refractivity contribution in [1.82, 2.24) is 25.1 Å². The predicted octanol–water partition coefficient (Wildman–Crippen LogP) is 1.34. The minimum absolute atomic E-state index is 0.805. The van der Waals surface area contributed by atoms with Crippen LogP contribution in [0.2, 0.25) is 0 Å². The fourth-order valence-electron chi connectivity index (χ4n) is 1.75. The topological polar surface area (TPSA) is 82.3 Å². The van der Waals surface area contributed by atoms with Gasteiger partial charge in [0.05, 0.1) is 5.39 Å². The Labute approximate surface area is 97.5 Å². The van der Waals surface area contributed by atoms with E-state index in [0.29, 0.717) is 0 Å². The van der Waals surface area contributed by atoms with E-state index in [9.17, 15) is 0 Å². The van der Waals surface area contributed by atoms with Gasteiger partial charge in [-0.2, -0.15) is 5.10 Å². The quantitative estimate of drug-likeness (QED) is 0.629. The van der Waals surface area contributed by atoms with Gasteiger partial charge in [0.2, 0.25) is 0 Å². The summed E-state index contributed by atoms with van der Waals surface area (Å²) in [6.07, 6.45) is 6.05. The molecule has 6 heteroatoms. The van der Waals surface area contributed by atoms with E-state index >= 15 is 0 Å². The van der Waals surface area contributed by atoms with Crippen LogP contribution in [0.3, 0.4) is 0 Å². The first-order valence-corrected chi connectivity index (χ1v) is 5.44. The molecular formula is C11H12N6. The maximum Gasteiger partial charge on any atom is 0.142 e. The Balaban J connectivity index is 1.70. The molecule has 0 saturated heterocycles. The van der Waals surface area contributed by atoms with E-state index in [0.717, 1.165) is 35.5 Å². The molecule has 0 atom stereocenters. The fraction of sp³-hybridized carbons (Fsp3) is 0.182. The van der Waals surface area contributed by atoms with Gasteiger partial charge < -0.3 is 10.3 Å². The van der Waals surface area contributed by atoms with E-state index in [4.69, 9.17) is 0 Å². The van der Waals surface area contributed by atoms with E-state index < -0.39 is 0 Å². The monoisotopic (exact) mass is 228 g/mol. The molecule has 0 aromatic carbocycles. The number of aromatic nitrogens is 5. The largest absolute Gasteiger partial charge is 0.369 e. The maximum atomic E-state index is 4.23. The van der Waals surface area contributed by atoms with Crippen LogP contribution in [0.4, 0.5) is 5.82 Å². The number of nitrogens with zero attached hydrogens (tertiary/aromatic N) is 3. The lowest BCUT2D eigenvalue weighted by Crippen LogP contribution is -2.07. The summed E-state index contributed by atoms with van der Waals surface area (Å²) in [4.78, 5) is 11.4. The lowest BCUT2D eigenvalue weighted by molar-refractivity contribution is 0.925. The second-order valence-corrected chi connectivity index (χ2v) is 3.72. The normalized spacial score (nSPS) is 10.8. The van der Waals surface area contributed by atoms with Crippen LogP contribution in [0.5, 0.6) is 0 Å². The van der Waals surface area contributed by atoms with Gasteiger partial charge >= 0.3 is 0 Å². The van der Waals surface area contributed by atoms with Crippen molar-refractivity contribution in [2.45, 2.75) is 6.42 Å². The van der Waals surface area contributed by atoms with Crippen molar-refractivity contribution >= 4 is 16.9 Å². The average Bonchev–Trinajstić information content (AvgIpc) is 2.99. The van der Waals surface area contributed by atoms with Crippen LogP contribution in [0.25, 0.3) is 11.0 Å². The third-order valence-corrected chi connectivity index (χ3v) is 2.60. The summed E-state index contributed by atoms with van der Waals surface area (Å²) in [7, 11) is 0. The van der Waals surface area contributed by atoms with Crippen molar-refractivity contribution in [2.24, 2.45) is 0 Å². The standard InChI is InChI=1S/C11H12N6/c1(8-2-6-16-17-8)4-12-10-9-3-5-13-11(9)15-7-14-10/h2-3,5-7H,1,4H2,(H,16,17)(H2,12,13,14,15). The number of H-pyrrole nitrogens is 2. The Kier molecular flexibility index (Phi) is 2.45. The van der Waals surface area contributed by atoms with Crippen molar-refractivity contribution in [1.29, 1.82) is 0 Å². The number of hydrogen-bond donors (Lipinski definition) is 3. The third-order valence-electron chi connectivity index (χ3n) is 2.60. The van der Waals surface area contributed by atoms with E-state index in [2.05, 4.69) is 30.5 Å². The number of anilines is 1. The van der Waals surface area contributed by atoms with Crippen molar-refractivity contribution in [3.63, 3.8) is 0 Å². The van der Waals surface area contributed by atoms with Gasteiger partial charge in [-0.1, -0.05) is 0 Å². The number of fused-ring (bicyclic) bond motifs is 1. The molecule has 0 radical (unpaired) electrons. The summed E-state index contributed by atoms with van der Waals surface area (Å²) >= 11 is 0. The second-order valence-electron chi connectivity index (χ2n) is 3.72. The summed E-state index contributed by atoms with van der Waals surface area (Å²) in [5.74, 6) is 0.857. The van der Waals surface area contributed by atoms with Crippen molar-refractivity contribution in [2.75, 3.05) is 11.9 Å². The van der Waals surface area contributed by atoms with Crippen molar-refractivity contribution in [3.8, 4) is 0 Å². The molecule has 6 nitrogen and oxygen atoms in total. The van der Waals surface area contributed by atoms with Gasteiger partial charge in [0.25, 0.3) is 0 Å². The highest BCUT2D eigenvalue weighted by atomic mass is 15.1. The molecule has 0 aliphatic rings.